The van der Waals surface area contributed by atoms with Gasteiger partial charge in [-0.1, -0.05) is 23.6 Å². The average molecular weight is 235 g/mol. The Labute approximate surface area is 97.2 Å². The summed E-state index contributed by atoms with van der Waals surface area (Å²) in [5.74, 6) is 6.06. The van der Waals surface area contributed by atoms with Crippen molar-refractivity contribution in [1.82, 2.24) is 0 Å². The molecule has 0 unspecified atom stereocenters. The zero-order valence-electron chi connectivity index (χ0n) is 8.60. The molecule has 1 aromatic rings. The lowest BCUT2D eigenvalue weighted by atomic mass is 10.2. The van der Waals surface area contributed by atoms with Crippen LogP contribution in [0, 0.1) is 22.0 Å². The monoisotopic (exact) mass is 235 g/mol. The third-order valence-corrected chi connectivity index (χ3v) is 2.35. The van der Waals surface area contributed by atoms with Crippen molar-refractivity contribution in [2.75, 3.05) is 5.75 Å². The Morgan fingerprint density at radius 1 is 1.44 bits per heavy atom. The summed E-state index contributed by atoms with van der Waals surface area (Å²) in [5, 5.41) is 10.4. The Morgan fingerprint density at radius 3 is 2.56 bits per heavy atom. The zero-order chi connectivity index (χ0) is 12.0. The topological polar surface area (TPSA) is 60.2 Å². The molecule has 0 aliphatic carbocycles. The molecule has 0 saturated carbocycles. The molecule has 16 heavy (non-hydrogen) atoms. The molecule has 0 fully saturated rings. The minimum atomic E-state index is -0.456. The molecular formula is C11H9NO3S. The third kappa shape index (κ3) is 4.15. The molecule has 0 heterocycles. The van der Waals surface area contributed by atoms with Crippen LogP contribution >= 0.6 is 11.8 Å². The molecule has 4 nitrogen and oxygen atoms in total. The highest BCUT2D eigenvalue weighted by molar-refractivity contribution is 8.13. The van der Waals surface area contributed by atoms with Crippen LogP contribution in [0.4, 0.5) is 5.69 Å². The second kappa shape index (κ2) is 5.93. The maximum Gasteiger partial charge on any atom is 0.269 e. The average Bonchev–Trinajstić information content (AvgIpc) is 2.25. The smallest absolute Gasteiger partial charge is 0.269 e. The highest BCUT2D eigenvalue weighted by Gasteiger charge is 2.01. The molecule has 1 rings (SSSR count). The van der Waals surface area contributed by atoms with E-state index in [4.69, 9.17) is 0 Å². The number of hydrogen-bond acceptors (Lipinski definition) is 4. The number of carbonyl (C=O) groups is 1. The van der Waals surface area contributed by atoms with E-state index >= 15 is 0 Å². The summed E-state index contributed by atoms with van der Waals surface area (Å²) in [4.78, 5) is 20.5. The minimum absolute atomic E-state index is 0.0259. The van der Waals surface area contributed by atoms with E-state index in [-0.39, 0.29) is 10.8 Å². The van der Waals surface area contributed by atoms with E-state index in [9.17, 15) is 14.9 Å². The fraction of sp³-hybridized carbons (Fsp3) is 0.182. The van der Waals surface area contributed by atoms with E-state index < -0.39 is 4.92 Å². The van der Waals surface area contributed by atoms with Gasteiger partial charge in [-0.15, -0.1) is 0 Å². The van der Waals surface area contributed by atoms with E-state index in [2.05, 4.69) is 11.8 Å². The standard InChI is InChI=1S/C11H9NO3S/c1-9(13)16-8-2-3-10-4-6-11(7-5-10)12(14)15/h4-7H,8H2,1H3. The maximum absolute atomic E-state index is 10.6. The van der Waals surface area contributed by atoms with E-state index in [1.807, 2.05) is 0 Å². The normalized spacial score (nSPS) is 9.06. The van der Waals surface area contributed by atoms with E-state index in [1.54, 1.807) is 12.1 Å². The fourth-order valence-electron chi connectivity index (χ4n) is 0.942. The number of nitrogens with zero attached hydrogens (tertiary/aromatic N) is 1. The summed E-state index contributed by atoms with van der Waals surface area (Å²) in [6, 6.07) is 5.98. The van der Waals surface area contributed by atoms with Crippen molar-refractivity contribution in [3.63, 3.8) is 0 Å². The largest absolute Gasteiger partial charge is 0.288 e. The first-order chi connectivity index (χ1) is 7.59. The van der Waals surface area contributed by atoms with Crippen LogP contribution in [-0.2, 0) is 4.79 Å². The van der Waals surface area contributed by atoms with Gasteiger partial charge in [-0.2, -0.15) is 0 Å². The van der Waals surface area contributed by atoms with Gasteiger partial charge >= 0.3 is 0 Å². The van der Waals surface area contributed by atoms with Crippen molar-refractivity contribution in [3.8, 4) is 11.8 Å². The van der Waals surface area contributed by atoms with Crippen LogP contribution in [0.2, 0.25) is 0 Å². The number of thioether (sulfide) groups is 1. The molecule has 1 aromatic carbocycles. The fourth-order valence-corrected chi connectivity index (χ4v) is 1.29. The molecule has 0 aromatic heterocycles. The van der Waals surface area contributed by atoms with Crippen molar-refractivity contribution >= 4 is 22.6 Å². The number of nitro groups is 1. The van der Waals surface area contributed by atoms with E-state index in [0.29, 0.717) is 11.3 Å². The van der Waals surface area contributed by atoms with Gasteiger partial charge in [0, 0.05) is 24.6 Å². The molecule has 0 radical (unpaired) electrons. The van der Waals surface area contributed by atoms with Gasteiger partial charge in [-0.05, 0) is 12.1 Å². The number of hydrogen-bond donors (Lipinski definition) is 0. The van der Waals surface area contributed by atoms with Crippen LogP contribution in [0.1, 0.15) is 12.5 Å². The van der Waals surface area contributed by atoms with Gasteiger partial charge in [-0.25, -0.2) is 0 Å². The van der Waals surface area contributed by atoms with Crippen LogP contribution < -0.4 is 0 Å². The predicted molar refractivity (Wildman–Crippen MR) is 63.1 cm³/mol. The van der Waals surface area contributed by atoms with E-state index in [0.717, 1.165) is 11.8 Å². The first-order valence-corrected chi connectivity index (χ1v) is 5.45. The predicted octanol–water partition coefficient (Wildman–Crippen LogP) is 2.23. The first-order valence-electron chi connectivity index (χ1n) is 4.46. The summed E-state index contributed by atoms with van der Waals surface area (Å²) in [6.45, 7) is 1.48. The molecule has 0 N–H and O–H groups in total. The molecule has 0 amide bonds. The molecule has 0 aliphatic rings. The third-order valence-electron chi connectivity index (χ3n) is 1.66. The van der Waals surface area contributed by atoms with Gasteiger partial charge < -0.3 is 0 Å². The SMILES string of the molecule is CC(=O)SCC#Cc1ccc([N+](=O)[O-])cc1. The Balaban J connectivity index is 2.61. The van der Waals surface area contributed by atoms with Crippen molar-refractivity contribution < 1.29 is 9.72 Å². The lowest BCUT2D eigenvalue weighted by molar-refractivity contribution is -0.384. The zero-order valence-corrected chi connectivity index (χ0v) is 9.41. The summed E-state index contributed by atoms with van der Waals surface area (Å²) in [5.41, 5.74) is 0.749. The van der Waals surface area contributed by atoms with Crippen molar-refractivity contribution in [1.29, 1.82) is 0 Å². The minimum Gasteiger partial charge on any atom is -0.288 e. The molecule has 0 spiro atoms. The molecule has 82 valence electrons. The van der Waals surface area contributed by atoms with Crippen molar-refractivity contribution in [3.05, 3.63) is 39.9 Å². The van der Waals surface area contributed by atoms with Crippen LogP contribution in [0.15, 0.2) is 24.3 Å². The number of nitro benzene ring substituents is 1. The van der Waals surface area contributed by atoms with Gasteiger partial charge in [0.15, 0.2) is 5.12 Å². The Morgan fingerprint density at radius 2 is 2.06 bits per heavy atom. The van der Waals surface area contributed by atoms with Gasteiger partial charge in [-0.3, -0.25) is 14.9 Å². The first kappa shape index (κ1) is 12.3. The molecule has 0 aliphatic heterocycles. The molecule has 5 heteroatoms. The summed E-state index contributed by atoms with van der Waals surface area (Å²) >= 11 is 1.14. The van der Waals surface area contributed by atoms with Crippen LogP contribution in [0.25, 0.3) is 0 Å². The highest BCUT2D eigenvalue weighted by Crippen LogP contribution is 2.11. The van der Waals surface area contributed by atoms with Crippen LogP contribution in [0.3, 0.4) is 0 Å². The lowest BCUT2D eigenvalue weighted by Gasteiger charge is -1.91. The summed E-state index contributed by atoms with van der Waals surface area (Å²) in [6.07, 6.45) is 0. The second-order valence-corrected chi connectivity index (χ2v) is 4.04. The summed E-state index contributed by atoms with van der Waals surface area (Å²) in [7, 11) is 0. The molecule has 0 bridgehead atoms. The van der Waals surface area contributed by atoms with Gasteiger partial charge in [0.05, 0.1) is 10.7 Å². The van der Waals surface area contributed by atoms with E-state index in [1.165, 1.54) is 19.1 Å². The maximum atomic E-state index is 10.6. The van der Waals surface area contributed by atoms with Crippen LogP contribution in [-0.4, -0.2) is 15.8 Å². The molecular weight excluding hydrogens is 226 g/mol. The number of benzene rings is 1. The Bertz CT molecular complexity index is 456. The molecule has 0 saturated heterocycles. The Kier molecular flexibility index (Phi) is 4.55. The lowest BCUT2D eigenvalue weighted by Crippen LogP contribution is -1.87. The number of carbonyl (C=O) groups excluding carboxylic acids is 1. The van der Waals surface area contributed by atoms with Gasteiger partial charge in [0.2, 0.25) is 0 Å². The molecule has 0 atom stereocenters. The second-order valence-electron chi connectivity index (χ2n) is 2.89. The number of rotatable bonds is 2. The number of non-ortho nitro benzene ring substituents is 1. The summed E-state index contributed by atoms with van der Waals surface area (Å²) < 4.78 is 0. The van der Waals surface area contributed by atoms with Crippen molar-refractivity contribution in [2.24, 2.45) is 0 Å². The van der Waals surface area contributed by atoms with Gasteiger partial charge in [0.25, 0.3) is 5.69 Å². The highest BCUT2D eigenvalue weighted by atomic mass is 32.2. The van der Waals surface area contributed by atoms with Crippen LogP contribution in [0.5, 0.6) is 0 Å². The quantitative estimate of drug-likeness (QED) is 0.448. The van der Waals surface area contributed by atoms with Crippen molar-refractivity contribution in [2.45, 2.75) is 6.92 Å². The Hall–Kier alpha value is -1.80. The van der Waals surface area contributed by atoms with Gasteiger partial charge in [0.1, 0.15) is 0 Å².